The van der Waals surface area contributed by atoms with Crippen LogP contribution in [-0.2, 0) is 9.59 Å². The number of nitrogens with zero attached hydrogens (tertiary/aromatic N) is 2. The molecule has 4 nitrogen and oxygen atoms in total. The number of fused-ring (bicyclic) bond motifs is 1. The Labute approximate surface area is 175 Å². The Hall–Kier alpha value is -2.05. The van der Waals surface area contributed by atoms with Crippen molar-refractivity contribution >= 4 is 11.8 Å². The summed E-state index contributed by atoms with van der Waals surface area (Å²) in [5, 5.41) is 0. The van der Waals surface area contributed by atoms with Crippen molar-refractivity contribution in [2.45, 2.75) is 75.5 Å². The number of benzene rings is 1. The smallest absolute Gasteiger partial charge is 0.341 e. The molecule has 7 heteroatoms. The molecule has 0 N–H and O–H groups in total. The molecule has 30 heavy (non-hydrogen) atoms. The van der Waals surface area contributed by atoms with Gasteiger partial charge in [0.2, 0.25) is 11.8 Å². The highest BCUT2D eigenvalue weighted by Gasteiger charge is 2.50. The molecule has 4 atom stereocenters. The Kier molecular flexibility index (Phi) is 6.07. The van der Waals surface area contributed by atoms with Crippen molar-refractivity contribution in [1.82, 2.24) is 9.80 Å². The van der Waals surface area contributed by atoms with Gasteiger partial charge >= 0.3 is 6.18 Å². The maximum Gasteiger partial charge on any atom is 0.396 e. The maximum absolute atomic E-state index is 13.8. The first kappa shape index (κ1) is 21.2. The molecule has 1 aromatic carbocycles. The van der Waals surface area contributed by atoms with E-state index in [1.807, 2.05) is 0 Å². The van der Waals surface area contributed by atoms with Crippen molar-refractivity contribution in [2.75, 3.05) is 13.1 Å². The first-order chi connectivity index (χ1) is 14.4. The highest BCUT2D eigenvalue weighted by molar-refractivity contribution is 5.89. The lowest BCUT2D eigenvalue weighted by atomic mass is 9.84. The second-order valence-corrected chi connectivity index (χ2v) is 8.91. The fourth-order valence-corrected chi connectivity index (χ4v) is 5.58. The van der Waals surface area contributed by atoms with Gasteiger partial charge in [-0.2, -0.15) is 13.2 Å². The van der Waals surface area contributed by atoms with Crippen molar-refractivity contribution in [3.05, 3.63) is 35.9 Å². The minimum atomic E-state index is -4.52. The number of carbonyl (C=O) groups is 2. The minimum Gasteiger partial charge on any atom is -0.341 e. The van der Waals surface area contributed by atoms with Crippen LogP contribution < -0.4 is 0 Å². The zero-order valence-corrected chi connectivity index (χ0v) is 17.1. The molecular weight excluding hydrogens is 393 g/mol. The zero-order chi connectivity index (χ0) is 21.3. The van der Waals surface area contributed by atoms with E-state index in [0.29, 0.717) is 19.5 Å². The summed E-state index contributed by atoms with van der Waals surface area (Å²) in [4.78, 5) is 29.8. The lowest BCUT2D eigenvalue weighted by Crippen LogP contribution is -2.50. The highest BCUT2D eigenvalue weighted by Crippen LogP contribution is 2.43. The fourth-order valence-electron chi connectivity index (χ4n) is 5.58. The largest absolute Gasteiger partial charge is 0.396 e. The number of halogens is 3. The van der Waals surface area contributed by atoms with E-state index in [9.17, 15) is 22.8 Å². The monoisotopic (exact) mass is 422 g/mol. The van der Waals surface area contributed by atoms with Crippen molar-refractivity contribution in [2.24, 2.45) is 5.92 Å². The Morgan fingerprint density at radius 2 is 1.67 bits per heavy atom. The summed E-state index contributed by atoms with van der Waals surface area (Å²) >= 11 is 0. The van der Waals surface area contributed by atoms with Gasteiger partial charge in [0.15, 0.2) is 0 Å². The molecule has 2 heterocycles. The summed E-state index contributed by atoms with van der Waals surface area (Å²) in [5.74, 6) is -2.23. The molecule has 0 spiro atoms. The first-order valence-electron chi connectivity index (χ1n) is 11.1. The van der Waals surface area contributed by atoms with E-state index in [1.165, 1.54) is 12.1 Å². The summed E-state index contributed by atoms with van der Waals surface area (Å²) in [6.45, 7) is 1.36. The number of hydrogen-bond acceptors (Lipinski definition) is 2. The van der Waals surface area contributed by atoms with Gasteiger partial charge in [-0.15, -0.1) is 0 Å². The van der Waals surface area contributed by atoms with Crippen LogP contribution in [0.25, 0.3) is 0 Å². The molecule has 0 aromatic heterocycles. The van der Waals surface area contributed by atoms with Crippen molar-refractivity contribution in [1.29, 1.82) is 0 Å². The lowest BCUT2D eigenvalue weighted by molar-refractivity contribution is -0.163. The van der Waals surface area contributed by atoms with Crippen molar-refractivity contribution in [3.8, 4) is 0 Å². The Morgan fingerprint density at radius 3 is 2.33 bits per heavy atom. The maximum atomic E-state index is 13.8. The van der Waals surface area contributed by atoms with Crippen LogP contribution in [0.2, 0.25) is 0 Å². The summed E-state index contributed by atoms with van der Waals surface area (Å²) in [6, 6.07) is 6.92. The molecule has 164 valence electrons. The van der Waals surface area contributed by atoms with Crippen LogP contribution in [0.15, 0.2) is 30.3 Å². The van der Waals surface area contributed by atoms with Crippen molar-refractivity contribution in [3.63, 3.8) is 0 Å². The SMILES string of the molecule is O=C(C1CC2CCCC[C@@H]2N1C(=O)CC(c1ccccc1)C(F)(F)F)N1CCCC1. The number of alkyl halides is 3. The molecular formula is C23H29F3N2O2. The van der Waals surface area contributed by atoms with Crippen LogP contribution in [0.1, 0.15) is 62.8 Å². The predicted molar refractivity (Wildman–Crippen MR) is 107 cm³/mol. The summed E-state index contributed by atoms with van der Waals surface area (Å²) in [5.41, 5.74) is 0.0974. The molecule has 2 saturated heterocycles. The van der Waals surface area contributed by atoms with Crippen LogP contribution in [0, 0.1) is 5.92 Å². The molecule has 4 rings (SSSR count). The Morgan fingerprint density at radius 1 is 1.00 bits per heavy atom. The number of carbonyl (C=O) groups excluding carboxylic acids is 2. The highest BCUT2D eigenvalue weighted by atomic mass is 19.4. The summed E-state index contributed by atoms with van der Waals surface area (Å²) < 4.78 is 41.5. The standard InChI is InChI=1S/C23H29F3N2O2/c24-23(25,26)18(16-8-2-1-3-9-16)15-21(29)28-19-11-5-4-10-17(19)14-20(28)22(30)27-12-6-7-13-27/h1-3,8-9,17-20H,4-7,10-15H2/t17?,18?,19-,20?/m0/s1. The van der Waals surface area contributed by atoms with Gasteiger partial charge in [-0.25, -0.2) is 0 Å². The average molecular weight is 422 g/mol. The van der Waals surface area contributed by atoms with Crippen LogP contribution in [0.3, 0.4) is 0 Å². The normalized spacial score (nSPS) is 27.8. The average Bonchev–Trinajstić information content (AvgIpc) is 3.39. The van der Waals surface area contributed by atoms with Crippen LogP contribution in [0.4, 0.5) is 13.2 Å². The molecule has 1 aromatic rings. The molecule has 0 radical (unpaired) electrons. The third kappa shape index (κ3) is 4.21. The third-order valence-corrected chi connectivity index (χ3v) is 7.05. The molecule has 1 saturated carbocycles. The van der Waals surface area contributed by atoms with Gasteiger partial charge in [-0.1, -0.05) is 43.2 Å². The predicted octanol–water partition coefficient (Wildman–Crippen LogP) is 4.50. The van der Waals surface area contributed by atoms with Crippen LogP contribution in [-0.4, -0.2) is 53.0 Å². The minimum absolute atomic E-state index is 0.0708. The molecule has 3 aliphatic rings. The van der Waals surface area contributed by atoms with Crippen molar-refractivity contribution < 1.29 is 22.8 Å². The van der Waals surface area contributed by atoms with E-state index >= 15 is 0 Å². The molecule has 0 bridgehead atoms. The summed E-state index contributed by atoms with van der Waals surface area (Å²) in [7, 11) is 0. The van der Waals surface area contributed by atoms with Gasteiger partial charge in [-0.05, 0) is 43.6 Å². The van der Waals surface area contributed by atoms with Gasteiger partial charge in [0, 0.05) is 25.6 Å². The van der Waals surface area contributed by atoms with Gasteiger partial charge in [0.05, 0.1) is 5.92 Å². The second-order valence-electron chi connectivity index (χ2n) is 8.91. The zero-order valence-electron chi connectivity index (χ0n) is 17.1. The van der Waals surface area contributed by atoms with Crippen LogP contribution >= 0.6 is 0 Å². The molecule has 1 aliphatic carbocycles. The molecule has 2 aliphatic heterocycles. The van der Waals surface area contributed by atoms with Gasteiger partial charge in [-0.3, -0.25) is 9.59 Å². The van der Waals surface area contributed by atoms with E-state index in [1.54, 1.807) is 28.0 Å². The second kappa shape index (κ2) is 8.60. The third-order valence-electron chi connectivity index (χ3n) is 7.05. The number of hydrogen-bond donors (Lipinski definition) is 0. The Bertz CT molecular complexity index is 761. The molecule has 2 amide bonds. The first-order valence-corrected chi connectivity index (χ1v) is 11.1. The van der Waals surface area contributed by atoms with E-state index < -0.39 is 30.5 Å². The van der Waals surface area contributed by atoms with Gasteiger partial charge in [0.25, 0.3) is 0 Å². The van der Waals surface area contributed by atoms with E-state index in [2.05, 4.69) is 0 Å². The number of likely N-dealkylation sites (tertiary alicyclic amines) is 2. The van der Waals surface area contributed by atoms with E-state index in [4.69, 9.17) is 0 Å². The number of rotatable bonds is 4. The van der Waals surface area contributed by atoms with E-state index in [0.717, 1.165) is 38.5 Å². The van der Waals surface area contributed by atoms with Crippen LogP contribution in [0.5, 0.6) is 0 Å². The number of amides is 2. The van der Waals surface area contributed by atoms with Gasteiger partial charge < -0.3 is 9.80 Å². The fraction of sp³-hybridized carbons (Fsp3) is 0.652. The van der Waals surface area contributed by atoms with Gasteiger partial charge in [0.1, 0.15) is 6.04 Å². The Balaban J connectivity index is 1.59. The lowest BCUT2D eigenvalue weighted by Gasteiger charge is -2.35. The quantitative estimate of drug-likeness (QED) is 0.717. The molecule has 3 unspecified atom stereocenters. The molecule has 3 fully saturated rings. The topological polar surface area (TPSA) is 40.6 Å². The summed E-state index contributed by atoms with van der Waals surface area (Å²) in [6.07, 6.45) is 1.07. The van der Waals surface area contributed by atoms with E-state index in [-0.39, 0.29) is 23.4 Å².